The van der Waals surface area contributed by atoms with Crippen molar-refractivity contribution in [2.45, 2.75) is 18.9 Å². The molecule has 0 saturated carbocycles. The molecule has 1 aromatic carbocycles. The minimum absolute atomic E-state index is 0.294. The normalized spacial score (nSPS) is 20.9. The number of rotatable bonds is 1. The lowest BCUT2D eigenvalue weighted by Gasteiger charge is -2.07. The average Bonchev–Trinajstić information content (AvgIpc) is 2.82. The summed E-state index contributed by atoms with van der Waals surface area (Å²) in [6.45, 7) is 1.06. The van der Waals surface area contributed by atoms with Gasteiger partial charge >= 0.3 is 0 Å². The molecule has 0 bridgehead atoms. The zero-order valence-electron chi connectivity index (χ0n) is 8.35. The Kier molecular flexibility index (Phi) is 2.07. The first kappa shape index (κ1) is 8.73. The van der Waals surface area contributed by atoms with Gasteiger partial charge in [0.1, 0.15) is 5.52 Å². The highest BCUT2D eigenvalue weighted by molar-refractivity contribution is 5.72. The summed E-state index contributed by atoms with van der Waals surface area (Å²) in [6.07, 6.45) is 2.31. The van der Waals surface area contributed by atoms with Gasteiger partial charge in [0, 0.05) is 0 Å². The fourth-order valence-corrected chi connectivity index (χ4v) is 1.95. The lowest BCUT2D eigenvalue weighted by Crippen LogP contribution is -2.16. The Hall–Kier alpha value is -1.55. The van der Waals surface area contributed by atoms with E-state index < -0.39 is 0 Å². The van der Waals surface area contributed by atoms with E-state index in [2.05, 4.69) is 20.5 Å². The quantitative estimate of drug-likeness (QED) is 0.757. The largest absolute Gasteiger partial charge is 0.307 e. The molecule has 0 amide bonds. The van der Waals surface area contributed by atoms with Crippen LogP contribution in [-0.2, 0) is 0 Å². The van der Waals surface area contributed by atoms with E-state index in [1.807, 2.05) is 24.3 Å². The summed E-state index contributed by atoms with van der Waals surface area (Å²) in [5.41, 5.74) is 1.79. The predicted octanol–water partition coefficient (Wildman–Crippen LogP) is 1.45. The highest BCUT2D eigenvalue weighted by atomic mass is 15.2. The van der Waals surface area contributed by atoms with Crippen molar-refractivity contribution in [1.82, 2.24) is 20.5 Å². The van der Waals surface area contributed by atoms with Gasteiger partial charge in [0.05, 0.1) is 11.6 Å². The molecular weight excluding hydrogens is 188 g/mol. The third-order valence-electron chi connectivity index (χ3n) is 2.75. The maximum absolute atomic E-state index is 4.52. The summed E-state index contributed by atoms with van der Waals surface area (Å²) < 4.78 is 0. The van der Waals surface area contributed by atoms with Crippen LogP contribution in [0.25, 0.3) is 11.0 Å². The molecule has 76 valence electrons. The lowest BCUT2D eigenvalue weighted by molar-refractivity contribution is 0.597. The summed E-state index contributed by atoms with van der Waals surface area (Å²) in [7, 11) is 0. The van der Waals surface area contributed by atoms with Crippen LogP contribution in [0.5, 0.6) is 0 Å². The third-order valence-corrected chi connectivity index (χ3v) is 2.75. The van der Waals surface area contributed by atoms with Crippen LogP contribution in [0.3, 0.4) is 0 Å². The minimum Gasteiger partial charge on any atom is -0.307 e. The first-order chi connectivity index (χ1) is 7.43. The van der Waals surface area contributed by atoms with E-state index in [9.17, 15) is 0 Å². The smallest absolute Gasteiger partial charge is 0.168 e. The fourth-order valence-electron chi connectivity index (χ4n) is 1.95. The number of benzene rings is 1. The van der Waals surface area contributed by atoms with E-state index in [1.165, 1.54) is 6.42 Å². The SMILES string of the molecule is c1ccc2nc(C3CCCN3)nnc2c1. The van der Waals surface area contributed by atoms with Crippen molar-refractivity contribution in [3.63, 3.8) is 0 Å². The van der Waals surface area contributed by atoms with E-state index >= 15 is 0 Å². The predicted molar refractivity (Wildman–Crippen MR) is 57.3 cm³/mol. The number of hydrogen-bond donors (Lipinski definition) is 1. The van der Waals surface area contributed by atoms with Gasteiger partial charge in [-0.3, -0.25) is 0 Å². The second-order valence-corrected chi connectivity index (χ2v) is 3.81. The van der Waals surface area contributed by atoms with Gasteiger partial charge in [-0.1, -0.05) is 12.1 Å². The monoisotopic (exact) mass is 200 g/mol. The maximum atomic E-state index is 4.52. The van der Waals surface area contributed by atoms with Gasteiger partial charge in [0.15, 0.2) is 5.82 Å². The zero-order chi connectivity index (χ0) is 10.1. The van der Waals surface area contributed by atoms with Crippen molar-refractivity contribution in [1.29, 1.82) is 0 Å². The van der Waals surface area contributed by atoms with E-state index in [0.717, 1.165) is 29.8 Å². The number of fused-ring (bicyclic) bond motifs is 1. The fraction of sp³-hybridized carbons (Fsp3) is 0.364. The summed E-state index contributed by atoms with van der Waals surface area (Å²) >= 11 is 0. The Bertz CT molecular complexity index is 477. The van der Waals surface area contributed by atoms with Crippen molar-refractivity contribution >= 4 is 11.0 Å². The Morgan fingerprint density at radius 1 is 1.13 bits per heavy atom. The molecule has 0 radical (unpaired) electrons. The van der Waals surface area contributed by atoms with Crippen molar-refractivity contribution in [2.75, 3.05) is 6.54 Å². The third kappa shape index (κ3) is 1.57. The molecule has 15 heavy (non-hydrogen) atoms. The van der Waals surface area contributed by atoms with Crippen LogP contribution in [0.15, 0.2) is 24.3 Å². The van der Waals surface area contributed by atoms with Gasteiger partial charge in [0.2, 0.25) is 0 Å². The molecule has 2 aromatic rings. The van der Waals surface area contributed by atoms with Gasteiger partial charge in [-0.2, -0.15) is 0 Å². The molecule has 3 rings (SSSR count). The van der Waals surface area contributed by atoms with Gasteiger partial charge in [-0.25, -0.2) is 4.98 Å². The van der Waals surface area contributed by atoms with E-state index in [1.54, 1.807) is 0 Å². The molecule has 1 N–H and O–H groups in total. The van der Waals surface area contributed by atoms with Gasteiger partial charge in [-0.05, 0) is 31.5 Å². The van der Waals surface area contributed by atoms with Gasteiger partial charge in [-0.15, -0.1) is 10.2 Å². The van der Waals surface area contributed by atoms with Crippen molar-refractivity contribution in [3.8, 4) is 0 Å². The molecule has 1 saturated heterocycles. The van der Waals surface area contributed by atoms with E-state index in [4.69, 9.17) is 0 Å². The highest BCUT2D eigenvalue weighted by Crippen LogP contribution is 2.20. The molecule has 1 aliphatic heterocycles. The molecule has 1 unspecified atom stereocenters. The van der Waals surface area contributed by atoms with Gasteiger partial charge in [0.25, 0.3) is 0 Å². The number of aromatic nitrogens is 3. The van der Waals surface area contributed by atoms with Crippen molar-refractivity contribution < 1.29 is 0 Å². The molecule has 2 heterocycles. The van der Waals surface area contributed by atoms with Crippen LogP contribution in [0.2, 0.25) is 0 Å². The second-order valence-electron chi connectivity index (χ2n) is 3.81. The first-order valence-electron chi connectivity index (χ1n) is 5.26. The number of nitrogens with one attached hydrogen (secondary N) is 1. The summed E-state index contributed by atoms with van der Waals surface area (Å²) in [4.78, 5) is 4.52. The molecule has 1 aliphatic rings. The highest BCUT2D eigenvalue weighted by Gasteiger charge is 2.19. The number of nitrogens with zero attached hydrogens (tertiary/aromatic N) is 3. The van der Waals surface area contributed by atoms with Crippen LogP contribution in [0.4, 0.5) is 0 Å². The number of hydrogen-bond acceptors (Lipinski definition) is 4. The Morgan fingerprint density at radius 2 is 2.00 bits per heavy atom. The molecule has 1 aromatic heterocycles. The van der Waals surface area contributed by atoms with Crippen LogP contribution in [-0.4, -0.2) is 21.7 Å². The van der Waals surface area contributed by atoms with Crippen LogP contribution < -0.4 is 5.32 Å². The van der Waals surface area contributed by atoms with Crippen molar-refractivity contribution in [3.05, 3.63) is 30.1 Å². The summed E-state index contributed by atoms with van der Waals surface area (Å²) in [6, 6.07) is 8.13. The van der Waals surface area contributed by atoms with Crippen LogP contribution in [0.1, 0.15) is 24.7 Å². The average molecular weight is 200 g/mol. The topological polar surface area (TPSA) is 50.7 Å². The molecule has 4 heteroatoms. The molecular formula is C11H12N4. The minimum atomic E-state index is 0.294. The summed E-state index contributed by atoms with van der Waals surface area (Å²) in [5.74, 6) is 0.825. The Balaban J connectivity index is 2.05. The lowest BCUT2D eigenvalue weighted by atomic mass is 10.2. The summed E-state index contributed by atoms with van der Waals surface area (Å²) in [5, 5.41) is 11.7. The number of para-hydroxylation sites is 1. The first-order valence-corrected chi connectivity index (χ1v) is 5.26. The zero-order valence-corrected chi connectivity index (χ0v) is 8.35. The standard InChI is InChI=1S/C11H12N4/c1-2-5-9-8(4-1)13-11(15-14-9)10-6-3-7-12-10/h1-2,4-5,10,12H,3,6-7H2. The van der Waals surface area contributed by atoms with E-state index in [0.29, 0.717) is 6.04 Å². The molecule has 0 spiro atoms. The van der Waals surface area contributed by atoms with Crippen LogP contribution in [0, 0.1) is 0 Å². The van der Waals surface area contributed by atoms with Crippen molar-refractivity contribution in [2.24, 2.45) is 0 Å². The Morgan fingerprint density at radius 3 is 2.80 bits per heavy atom. The Labute approximate surface area is 87.7 Å². The van der Waals surface area contributed by atoms with Crippen LogP contribution >= 0.6 is 0 Å². The van der Waals surface area contributed by atoms with E-state index in [-0.39, 0.29) is 0 Å². The molecule has 1 atom stereocenters. The molecule has 1 fully saturated rings. The van der Waals surface area contributed by atoms with Gasteiger partial charge < -0.3 is 5.32 Å². The molecule has 0 aliphatic carbocycles. The second kappa shape index (κ2) is 3.55. The molecule has 4 nitrogen and oxygen atoms in total. The maximum Gasteiger partial charge on any atom is 0.168 e.